The number of hydrogen-bond acceptors (Lipinski definition) is 5. The van der Waals surface area contributed by atoms with E-state index in [2.05, 4.69) is 15.5 Å². The molecule has 0 atom stereocenters. The molecule has 6 nitrogen and oxygen atoms in total. The Balaban J connectivity index is 2.07. The summed E-state index contributed by atoms with van der Waals surface area (Å²) in [5.41, 5.74) is 0. The maximum atomic E-state index is 11.7. The first-order valence-corrected chi connectivity index (χ1v) is 4.46. The largest absolute Gasteiger partial charge is 0.339 e. The van der Waals surface area contributed by atoms with Gasteiger partial charge in [0.2, 0.25) is 5.89 Å². The Hall–Kier alpha value is -1.43. The third-order valence-electron chi connectivity index (χ3n) is 2.35. The monoisotopic (exact) mass is 196 g/mol. The van der Waals surface area contributed by atoms with E-state index in [1.165, 1.54) is 0 Å². The van der Waals surface area contributed by atoms with Crippen molar-refractivity contribution in [3.63, 3.8) is 0 Å². The lowest BCUT2D eigenvalue weighted by Gasteiger charge is -2.34. The highest BCUT2D eigenvalue weighted by molar-refractivity contribution is 5.90. The number of aryl methyl sites for hydroxylation is 1. The van der Waals surface area contributed by atoms with Crippen LogP contribution in [-0.4, -0.2) is 47.1 Å². The van der Waals surface area contributed by atoms with E-state index in [1.807, 2.05) is 0 Å². The number of amides is 1. The smallest absolute Gasteiger partial charge is 0.295 e. The third-order valence-corrected chi connectivity index (χ3v) is 2.35. The van der Waals surface area contributed by atoms with Gasteiger partial charge in [0, 0.05) is 27.1 Å². The molecule has 1 aromatic rings. The molecule has 0 unspecified atom stereocenters. The molecule has 0 aromatic carbocycles. The predicted molar refractivity (Wildman–Crippen MR) is 47.8 cm³/mol. The molecule has 1 amide bonds. The van der Waals surface area contributed by atoms with Gasteiger partial charge in [0.05, 0.1) is 6.04 Å². The minimum Gasteiger partial charge on any atom is -0.339 e. The van der Waals surface area contributed by atoms with Crippen LogP contribution in [0.25, 0.3) is 0 Å². The fraction of sp³-hybridized carbons (Fsp3) is 0.625. The number of nitrogens with zero attached hydrogens (tertiary/aromatic N) is 3. The quantitative estimate of drug-likeness (QED) is 0.685. The zero-order chi connectivity index (χ0) is 10.1. The fourth-order valence-electron chi connectivity index (χ4n) is 1.26. The first-order chi connectivity index (χ1) is 6.68. The van der Waals surface area contributed by atoms with Gasteiger partial charge in [-0.3, -0.25) is 4.79 Å². The molecule has 0 bridgehead atoms. The van der Waals surface area contributed by atoms with Gasteiger partial charge < -0.3 is 14.7 Å². The SMILES string of the molecule is Cc1nc(C(=O)N(C)C2CNC2)no1. The van der Waals surface area contributed by atoms with Crippen molar-refractivity contribution < 1.29 is 9.32 Å². The summed E-state index contributed by atoms with van der Waals surface area (Å²) in [7, 11) is 1.75. The number of carbonyl (C=O) groups is 1. The molecule has 0 radical (unpaired) electrons. The summed E-state index contributed by atoms with van der Waals surface area (Å²) in [6.07, 6.45) is 0. The molecule has 1 aliphatic heterocycles. The topological polar surface area (TPSA) is 71.3 Å². The molecule has 1 N–H and O–H groups in total. The van der Waals surface area contributed by atoms with Crippen molar-refractivity contribution in [1.29, 1.82) is 0 Å². The molecule has 0 spiro atoms. The number of carbonyl (C=O) groups excluding carboxylic acids is 1. The normalized spacial score (nSPS) is 16.4. The zero-order valence-electron chi connectivity index (χ0n) is 8.15. The average molecular weight is 196 g/mol. The lowest BCUT2D eigenvalue weighted by molar-refractivity contribution is 0.0665. The minimum atomic E-state index is -0.187. The maximum Gasteiger partial charge on any atom is 0.295 e. The number of hydrogen-bond donors (Lipinski definition) is 1. The lowest BCUT2D eigenvalue weighted by Crippen LogP contribution is -2.57. The number of likely N-dealkylation sites (N-methyl/N-ethyl adjacent to an activating group) is 1. The average Bonchev–Trinajstić information content (AvgIpc) is 2.47. The van der Waals surface area contributed by atoms with Crippen LogP contribution in [0.1, 0.15) is 16.5 Å². The summed E-state index contributed by atoms with van der Waals surface area (Å²) in [5.74, 6) is 0.360. The maximum absolute atomic E-state index is 11.7. The summed E-state index contributed by atoms with van der Waals surface area (Å²) in [5, 5.41) is 6.68. The van der Waals surface area contributed by atoms with Crippen LogP contribution in [0.15, 0.2) is 4.52 Å². The van der Waals surface area contributed by atoms with E-state index in [1.54, 1.807) is 18.9 Å². The second-order valence-corrected chi connectivity index (χ2v) is 3.37. The molecule has 6 heteroatoms. The van der Waals surface area contributed by atoms with Crippen molar-refractivity contribution >= 4 is 5.91 Å². The second-order valence-electron chi connectivity index (χ2n) is 3.37. The third kappa shape index (κ3) is 1.48. The standard InChI is InChI=1S/C8H12N4O2/c1-5-10-7(11-14-5)8(13)12(2)6-3-9-4-6/h6,9H,3-4H2,1-2H3. The van der Waals surface area contributed by atoms with E-state index in [9.17, 15) is 4.79 Å². The van der Waals surface area contributed by atoms with E-state index in [0.717, 1.165) is 13.1 Å². The Morgan fingerprint density at radius 1 is 1.64 bits per heavy atom. The molecular weight excluding hydrogens is 184 g/mol. The molecule has 76 valence electrons. The lowest BCUT2D eigenvalue weighted by atomic mass is 10.1. The van der Waals surface area contributed by atoms with Gasteiger partial charge in [0.1, 0.15) is 0 Å². The van der Waals surface area contributed by atoms with Crippen LogP contribution in [0.3, 0.4) is 0 Å². The molecule has 2 rings (SSSR count). The summed E-state index contributed by atoms with van der Waals surface area (Å²) in [6, 6.07) is 0.251. The highest BCUT2D eigenvalue weighted by atomic mass is 16.5. The Kier molecular flexibility index (Phi) is 2.20. The second kappa shape index (κ2) is 3.38. The number of aromatic nitrogens is 2. The van der Waals surface area contributed by atoms with Crippen LogP contribution in [0, 0.1) is 6.92 Å². The first-order valence-electron chi connectivity index (χ1n) is 4.46. The van der Waals surface area contributed by atoms with Gasteiger partial charge in [-0.05, 0) is 0 Å². The highest BCUT2D eigenvalue weighted by Crippen LogP contribution is 2.06. The molecule has 0 aliphatic carbocycles. The first kappa shape index (κ1) is 9.14. The summed E-state index contributed by atoms with van der Waals surface area (Å²) in [4.78, 5) is 17.2. The van der Waals surface area contributed by atoms with Crippen LogP contribution in [0.5, 0.6) is 0 Å². The van der Waals surface area contributed by atoms with Crippen LogP contribution in [0.4, 0.5) is 0 Å². The van der Waals surface area contributed by atoms with E-state index < -0.39 is 0 Å². The fourth-order valence-corrected chi connectivity index (χ4v) is 1.26. The van der Waals surface area contributed by atoms with Crippen LogP contribution >= 0.6 is 0 Å². The Bertz CT molecular complexity index is 345. The van der Waals surface area contributed by atoms with Crippen LogP contribution in [-0.2, 0) is 0 Å². The highest BCUT2D eigenvalue weighted by Gasteiger charge is 2.28. The van der Waals surface area contributed by atoms with E-state index in [-0.39, 0.29) is 17.8 Å². The van der Waals surface area contributed by atoms with Crippen molar-refractivity contribution in [3.8, 4) is 0 Å². The molecule has 1 saturated heterocycles. The van der Waals surface area contributed by atoms with Gasteiger partial charge in [-0.1, -0.05) is 5.16 Å². The van der Waals surface area contributed by atoms with Crippen molar-refractivity contribution in [2.24, 2.45) is 0 Å². The molecule has 0 saturated carbocycles. The number of nitrogens with one attached hydrogen (secondary N) is 1. The van der Waals surface area contributed by atoms with Gasteiger partial charge >= 0.3 is 0 Å². The Morgan fingerprint density at radius 3 is 2.79 bits per heavy atom. The number of rotatable bonds is 2. The van der Waals surface area contributed by atoms with Gasteiger partial charge in [-0.15, -0.1) is 0 Å². The summed E-state index contributed by atoms with van der Waals surface area (Å²) < 4.78 is 4.74. The molecule has 1 aliphatic rings. The van der Waals surface area contributed by atoms with Gasteiger partial charge in [-0.2, -0.15) is 4.98 Å². The van der Waals surface area contributed by atoms with Crippen LogP contribution in [0.2, 0.25) is 0 Å². The molecule has 2 heterocycles. The Labute approximate surface area is 81.3 Å². The van der Waals surface area contributed by atoms with Crippen molar-refractivity contribution in [2.75, 3.05) is 20.1 Å². The van der Waals surface area contributed by atoms with Crippen molar-refractivity contribution in [1.82, 2.24) is 20.4 Å². The summed E-state index contributed by atoms with van der Waals surface area (Å²) >= 11 is 0. The van der Waals surface area contributed by atoms with Gasteiger partial charge in [0.25, 0.3) is 11.7 Å². The van der Waals surface area contributed by atoms with E-state index >= 15 is 0 Å². The molecule has 1 fully saturated rings. The minimum absolute atomic E-state index is 0.136. The summed E-state index contributed by atoms with van der Waals surface area (Å²) in [6.45, 7) is 3.33. The van der Waals surface area contributed by atoms with E-state index in [4.69, 9.17) is 4.52 Å². The molecular formula is C8H12N4O2. The molecule has 14 heavy (non-hydrogen) atoms. The van der Waals surface area contributed by atoms with Gasteiger partial charge in [0.15, 0.2) is 0 Å². The predicted octanol–water partition coefficient (Wildman–Crippen LogP) is -0.578. The van der Waals surface area contributed by atoms with Gasteiger partial charge in [-0.25, -0.2) is 0 Å². The zero-order valence-corrected chi connectivity index (χ0v) is 8.15. The molecule has 1 aromatic heterocycles. The van der Waals surface area contributed by atoms with Crippen LogP contribution < -0.4 is 5.32 Å². The van der Waals surface area contributed by atoms with E-state index in [0.29, 0.717) is 5.89 Å². The van der Waals surface area contributed by atoms with Crippen molar-refractivity contribution in [3.05, 3.63) is 11.7 Å². The Morgan fingerprint density at radius 2 is 2.36 bits per heavy atom. The van der Waals surface area contributed by atoms with Crippen molar-refractivity contribution in [2.45, 2.75) is 13.0 Å².